The maximum atomic E-state index is 3.86. The van der Waals surface area contributed by atoms with Crippen molar-refractivity contribution >= 4 is 0 Å². The Labute approximate surface area is 126 Å². The third-order valence-corrected chi connectivity index (χ3v) is 5.74. The molecule has 118 valence electrons. The first-order valence-corrected chi connectivity index (χ1v) is 9.12. The van der Waals surface area contributed by atoms with Gasteiger partial charge in [0.2, 0.25) is 0 Å². The SMILES string of the molecule is CCCNC1CCC(C(C)C)CC1N1CCCCC1C. The molecule has 2 fully saturated rings. The van der Waals surface area contributed by atoms with Gasteiger partial charge in [-0.1, -0.05) is 27.2 Å². The molecular weight excluding hydrogens is 244 g/mol. The lowest BCUT2D eigenvalue weighted by molar-refractivity contribution is 0.0360. The molecule has 0 amide bonds. The van der Waals surface area contributed by atoms with Crippen LogP contribution in [-0.2, 0) is 0 Å². The molecule has 4 atom stereocenters. The topological polar surface area (TPSA) is 15.3 Å². The molecule has 1 heterocycles. The van der Waals surface area contributed by atoms with E-state index < -0.39 is 0 Å². The molecule has 2 heteroatoms. The van der Waals surface area contributed by atoms with Crippen molar-refractivity contribution in [3.05, 3.63) is 0 Å². The van der Waals surface area contributed by atoms with Gasteiger partial charge in [0.25, 0.3) is 0 Å². The van der Waals surface area contributed by atoms with E-state index in [1.807, 2.05) is 0 Å². The van der Waals surface area contributed by atoms with Crippen LogP contribution in [0.15, 0.2) is 0 Å². The van der Waals surface area contributed by atoms with Gasteiger partial charge in [-0.25, -0.2) is 0 Å². The predicted octanol–water partition coefficient (Wildman–Crippen LogP) is 4.05. The quantitative estimate of drug-likeness (QED) is 0.817. The highest BCUT2D eigenvalue weighted by Crippen LogP contribution is 2.35. The number of hydrogen-bond donors (Lipinski definition) is 1. The molecule has 2 rings (SSSR count). The van der Waals surface area contributed by atoms with Gasteiger partial charge in [-0.2, -0.15) is 0 Å². The summed E-state index contributed by atoms with van der Waals surface area (Å²) >= 11 is 0. The van der Waals surface area contributed by atoms with Crippen LogP contribution in [0, 0.1) is 11.8 Å². The van der Waals surface area contributed by atoms with Crippen molar-refractivity contribution in [2.24, 2.45) is 11.8 Å². The van der Waals surface area contributed by atoms with Crippen molar-refractivity contribution in [3.63, 3.8) is 0 Å². The van der Waals surface area contributed by atoms with Gasteiger partial charge in [-0.15, -0.1) is 0 Å². The summed E-state index contributed by atoms with van der Waals surface area (Å²) in [6.45, 7) is 12.1. The number of hydrogen-bond acceptors (Lipinski definition) is 2. The first kappa shape index (κ1) is 16.3. The molecule has 2 nitrogen and oxygen atoms in total. The molecule has 1 saturated carbocycles. The lowest BCUT2D eigenvalue weighted by Crippen LogP contribution is -2.57. The number of piperidine rings is 1. The molecule has 0 aromatic rings. The van der Waals surface area contributed by atoms with Gasteiger partial charge in [0.1, 0.15) is 0 Å². The van der Waals surface area contributed by atoms with E-state index in [0.717, 1.165) is 30.0 Å². The van der Waals surface area contributed by atoms with Gasteiger partial charge in [-0.05, 0) is 70.4 Å². The van der Waals surface area contributed by atoms with E-state index in [0.29, 0.717) is 0 Å². The Morgan fingerprint density at radius 3 is 2.60 bits per heavy atom. The molecule has 1 aliphatic heterocycles. The van der Waals surface area contributed by atoms with Crippen LogP contribution in [0.2, 0.25) is 0 Å². The van der Waals surface area contributed by atoms with Crippen LogP contribution >= 0.6 is 0 Å². The van der Waals surface area contributed by atoms with Gasteiger partial charge in [0.15, 0.2) is 0 Å². The zero-order valence-electron chi connectivity index (χ0n) is 14.2. The lowest BCUT2D eigenvalue weighted by Gasteiger charge is -2.48. The third-order valence-electron chi connectivity index (χ3n) is 5.74. The summed E-state index contributed by atoms with van der Waals surface area (Å²) in [4.78, 5) is 2.85. The Hall–Kier alpha value is -0.0800. The zero-order chi connectivity index (χ0) is 14.5. The maximum absolute atomic E-state index is 3.86. The average molecular weight is 280 g/mol. The standard InChI is InChI=1S/C18H36N2/c1-5-11-19-17-10-9-16(14(2)3)13-18(17)20-12-7-6-8-15(20)4/h14-19H,5-13H2,1-4H3. The molecule has 1 aliphatic carbocycles. The van der Waals surface area contributed by atoms with Gasteiger partial charge in [0.05, 0.1) is 0 Å². The second-order valence-electron chi connectivity index (χ2n) is 7.53. The highest BCUT2D eigenvalue weighted by Gasteiger charge is 2.37. The summed E-state index contributed by atoms with van der Waals surface area (Å²) in [6, 6.07) is 2.33. The summed E-state index contributed by atoms with van der Waals surface area (Å²) < 4.78 is 0. The number of likely N-dealkylation sites (tertiary alicyclic amines) is 1. The highest BCUT2D eigenvalue weighted by atomic mass is 15.2. The van der Waals surface area contributed by atoms with E-state index in [9.17, 15) is 0 Å². The van der Waals surface area contributed by atoms with Crippen molar-refractivity contribution in [1.29, 1.82) is 0 Å². The molecule has 1 N–H and O–H groups in total. The van der Waals surface area contributed by atoms with Gasteiger partial charge in [-0.3, -0.25) is 4.90 Å². The van der Waals surface area contributed by atoms with Crippen LogP contribution in [0.5, 0.6) is 0 Å². The number of rotatable bonds is 5. The molecule has 0 aromatic carbocycles. The van der Waals surface area contributed by atoms with Crippen molar-refractivity contribution in [3.8, 4) is 0 Å². The van der Waals surface area contributed by atoms with E-state index in [2.05, 4.69) is 37.9 Å². The Morgan fingerprint density at radius 2 is 1.95 bits per heavy atom. The van der Waals surface area contributed by atoms with E-state index in [-0.39, 0.29) is 0 Å². The van der Waals surface area contributed by atoms with Crippen molar-refractivity contribution in [2.45, 2.75) is 90.8 Å². The van der Waals surface area contributed by atoms with Crippen LogP contribution in [0.3, 0.4) is 0 Å². The molecule has 0 radical (unpaired) electrons. The van der Waals surface area contributed by atoms with Crippen molar-refractivity contribution < 1.29 is 0 Å². The molecule has 0 spiro atoms. The Kier molecular flexibility index (Phi) is 6.35. The first-order chi connectivity index (χ1) is 9.63. The molecule has 1 saturated heterocycles. The van der Waals surface area contributed by atoms with Crippen LogP contribution in [0.4, 0.5) is 0 Å². The maximum Gasteiger partial charge on any atom is 0.0254 e. The zero-order valence-corrected chi connectivity index (χ0v) is 14.2. The first-order valence-electron chi connectivity index (χ1n) is 9.12. The second kappa shape index (κ2) is 7.79. The highest BCUT2D eigenvalue weighted by molar-refractivity contribution is 4.94. The van der Waals surface area contributed by atoms with E-state index in [4.69, 9.17) is 0 Å². The van der Waals surface area contributed by atoms with Crippen LogP contribution < -0.4 is 5.32 Å². The summed E-state index contributed by atoms with van der Waals surface area (Å²) in [6.07, 6.45) is 9.74. The molecule has 20 heavy (non-hydrogen) atoms. The second-order valence-corrected chi connectivity index (χ2v) is 7.53. The molecule has 2 aliphatic rings. The molecule has 0 bridgehead atoms. The van der Waals surface area contributed by atoms with E-state index >= 15 is 0 Å². The minimum atomic E-state index is 0.741. The van der Waals surface area contributed by atoms with Gasteiger partial charge >= 0.3 is 0 Å². The average Bonchev–Trinajstić information content (AvgIpc) is 2.45. The van der Waals surface area contributed by atoms with Crippen LogP contribution in [0.25, 0.3) is 0 Å². The summed E-state index contributed by atoms with van der Waals surface area (Å²) in [5.74, 6) is 1.79. The Morgan fingerprint density at radius 1 is 1.15 bits per heavy atom. The molecule has 4 unspecified atom stereocenters. The third kappa shape index (κ3) is 3.98. The van der Waals surface area contributed by atoms with Gasteiger partial charge < -0.3 is 5.32 Å². The summed E-state index contributed by atoms with van der Waals surface area (Å²) in [5.41, 5.74) is 0. The van der Waals surface area contributed by atoms with Crippen LogP contribution in [0.1, 0.15) is 72.6 Å². The fourth-order valence-corrected chi connectivity index (χ4v) is 4.33. The van der Waals surface area contributed by atoms with Crippen molar-refractivity contribution in [1.82, 2.24) is 10.2 Å². The van der Waals surface area contributed by atoms with Gasteiger partial charge in [0, 0.05) is 18.1 Å². The fourth-order valence-electron chi connectivity index (χ4n) is 4.33. The normalized spacial score (nSPS) is 36.5. The Balaban J connectivity index is 2.03. The number of nitrogens with one attached hydrogen (secondary N) is 1. The number of nitrogens with zero attached hydrogens (tertiary/aromatic N) is 1. The summed E-state index contributed by atoms with van der Waals surface area (Å²) in [5, 5.41) is 3.86. The van der Waals surface area contributed by atoms with Crippen molar-refractivity contribution in [2.75, 3.05) is 13.1 Å². The molecule has 0 aromatic heterocycles. The lowest BCUT2D eigenvalue weighted by atomic mass is 9.75. The minimum Gasteiger partial charge on any atom is -0.312 e. The minimum absolute atomic E-state index is 0.741. The van der Waals surface area contributed by atoms with Crippen LogP contribution in [-0.4, -0.2) is 36.1 Å². The molecular formula is C18H36N2. The predicted molar refractivity (Wildman–Crippen MR) is 88.1 cm³/mol. The fraction of sp³-hybridized carbons (Fsp3) is 1.00. The van der Waals surface area contributed by atoms with E-state index in [1.54, 1.807) is 0 Å². The largest absolute Gasteiger partial charge is 0.312 e. The van der Waals surface area contributed by atoms with E-state index in [1.165, 1.54) is 58.0 Å². The summed E-state index contributed by atoms with van der Waals surface area (Å²) in [7, 11) is 0. The smallest absolute Gasteiger partial charge is 0.0254 e. The monoisotopic (exact) mass is 280 g/mol. The Bertz CT molecular complexity index is 277.